The number of nitrogens with zero attached hydrogens (tertiary/aromatic N) is 1. The molecule has 0 aliphatic carbocycles. The number of nitrogens with one attached hydrogen (secondary N) is 1. The predicted octanol–water partition coefficient (Wildman–Crippen LogP) is 2.44. The Balaban J connectivity index is 2.98. The van der Waals surface area contributed by atoms with Gasteiger partial charge in [-0.1, -0.05) is 27.2 Å². The quantitative estimate of drug-likeness (QED) is 0.570. The van der Waals surface area contributed by atoms with Gasteiger partial charge in [-0.25, -0.2) is 0 Å². The lowest BCUT2D eigenvalue weighted by molar-refractivity contribution is 0.836. The molecule has 0 amide bonds. The van der Waals surface area contributed by atoms with Gasteiger partial charge in [0.05, 0.1) is 11.4 Å². The molecule has 0 bridgehead atoms. The van der Waals surface area contributed by atoms with Crippen molar-refractivity contribution in [2.75, 3.05) is 5.43 Å². The molecule has 0 radical (unpaired) electrons. The van der Waals surface area contributed by atoms with E-state index in [2.05, 4.69) is 37.2 Å². The third-order valence-electron chi connectivity index (χ3n) is 2.30. The molecule has 1 aromatic heterocycles. The zero-order chi connectivity index (χ0) is 10.6. The Labute approximate surface area is 85.7 Å². The van der Waals surface area contributed by atoms with Crippen LogP contribution in [0.1, 0.15) is 44.4 Å². The molecular formula is C11H19N3. The minimum absolute atomic E-state index is 0.491. The van der Waals surface area contributed by atoms with Crippen LogP contribution in [-0.4, -0.2) is 4.98 Å². The summed E-state index contributed by atoms with van der Waals surface area (Å²) in [5, 5.41) is 0. The highest BCUT2D eigenvalue weighted by molar-refractivity contribution is 5.49. The van der Waals surface area contributed by atoms with E-state index in [1.165, 1.54) is 5.56 Å². The Morgan fingerprint density at radius 1 is 1.50 bits per heavy atom. The van der Waals surface area contributed by atoms with E-state index < -0.39 is 0 Å². The minimum atomic E-state index is 0.491. The number of aryl methyl sites for hydroxylation is 1. The average molecular weight is 193 g/mol. The van der Waals surface area contributed by atoms with Crippen molar-refractivity contribution < 1.29 is 0 Å². The van der Waals surface area contributed by atoms with E-state index in [0.29, 0.717) is 5.92 Å². The Morgan fingerprint density at radius 2 is 2.21 bits per heavy atom. The number of rotatable bonds is 4. The van der Waals surface area contributed by atoms with Gasteiger partial charge in [0.2, 0.25) is 0 Å². The largest absolute Gasteiger partial charge is 0.322 e. The van der Waals surface area contributed by atoms with Crippen LogP contribution in [0, 0.1) is 0 Å². The van der Waals surface area contributed by atoms with Gasteiger partial charge in [-0.2, -0.15) is 0 Å². The molecule has 14 heavy (non-hydrogen) atoms. The van der Waals surface area contributed by atoms with Crippen LogP contribution >= 0.6 is 0 Å². The fourth-order valence-electron chi connectivity index (χ4n) is 1.39. The van der Waals surface area contributed by atoms with Gasteiger partial charge < -0.3 is 5.43 Å². The molecule has 78 valence electrons. The van der Waals surface area contributed by atoms with Crippen molar-refractivity contribution in [2.24, 2.45) is 5.84 Å². The summed E-state index contributed by atoms with van der Waals surface area (Å²) >= 11 is 0. The van der Waals surface area contributed by atoms with E-state index in [4.69, 9.17) is 5.84 Å². The first kappa shape index (κ1) is 11.0. The van der Waals surface area contributed by atoms with Gasteiger partial charge in [-0.05, 0) is 24.0 Å². The third kappa shape index (κ3) is 2.45. The maximum atomic E-state index is 5.46. The lowest BCUT2D eigenvalue weighted by Crippen LogP contribution is -2.11. The topological polar surface area (TPSA) is 50.9 Å². The minimum Gasteiger partial charge on any atom is -0.322 e. The van der Waals surface area contributed by atoms with E-state index in [-0.39, 0.29) is 0 Å². The summed E-state index contributed by atoms with van der Waals surface area (Å²) in [5.74, 6) is 5.95. The molecule has 0 saturated heterocycles. The van der Waals surface area contributed by atoms with Crippen LogP contribution in [0.2, 0.25) is 0 Å². The summed E-state index contributed by atoms with van der Waals surface area (Å²) in [6.45, 7) is 6.44. The summed E-state index contributed by atoms with van der Waals surface area (Å²) in [4.78, 5) is 4.42. The van der Waals surface area contributed by atoms with E-state index in [1.54, 1.807) is 0 Å². The number of hydrogen-bond donors (Lipinski definition) is 2. The fourth-order valence-corrected chi connectivity index (χ4v) is 1.39. The fraction of sp³-hybridized carbons (Fsp3) is 0.545. The molecule has 1 rings (SSSR count). The van der Waals surface area contributed by atoms with Gasteiger partial charge in [-0.3, -0.25) is 10.8 Å². The first-order chi connectivity index (χ1) is 6.69. The molecule has 0 saturated carbocycles. The monoisotopic (exact) mass is 193 g/mol. The van der Waals surface area contributed by atoms with Gasteiger partial charge in [0.25, 0.3) is 0 Å². The van der Waals surface area contributed by atoms with Crippen LogP contribution in [0.4, 0.5) is 5.69 Å². The van der Waals surface area contributed by atoms with Gasteiger partial charge in [0, 0.05) is 6.20 Å². The lowest BCUT2D eigenvalue weighted by atomic mass is 10.0. The summed E-state index contributed by atoms with van der Waals surface area (Å²) in [7, 11) is 0. The molecule has 0 unspecified atom stereocenters. The molecule has 1 heterocycles. The Morgan fingerprint density at radius 3 is 2.71 bits per heavy atom. The summed E-state index contributed by atoms with van der Waals surface area (Å²) in [6.07, 6.45) is 4.00. The Bertz CT molecular complexity index is 295. The number of nitrogens with two attached hydrogens (primary N) is 1. The number of hydrogen-bond acceptors (Lipinski definition) is 3. The van der Waals surface area contributed by atoms with Crippen LogP contribution < -0.4 is 11.3 Å². The smallest absolute Gasteiger partial charge is 0.0704 e. The second-order valence-corrected chi connectivity index (χ2v) is 3.81. The standard InChI is InChI=1S/C11H19N3/c1-4-5-10-11(14-12)6-9(7-13-10)8(2)3/h6-8,14H,4-5,12H2,1-3H3. The average Bonchev–Trinajstić information content (AvgIpc) is 2.18. The van der Waals surface area contributed by atoms with Crippen molar-refractivity contribution in [2.45, 2.75) is 39.5 Å². The van der Waals surface area contributed by atoms with Crippen LogP contribution in [0.15, 0.2) is 12.3 Å². The van der Waals surface area contributed by atoms with E-state index in [1.807, 2.05) is 6.20 Å². The van der Waals surface area contributed by atoms with E-state index in [9.17, 15) is 0 Å². The third-order valence-corrected chi connectivity index (χ3v) is 2.30. The maximum absolute atomic E-state index is 5.46. The second kappa shape index (κ2) is 4.96. The lowest BCUT2D eigenvalue weighted by Gasteiger charge is -2.11. The van der Waals surface area contributed by atoms with Crippen molar-refractivity contribution in [3.05, 3.63) is 23.5 Å². The number of anilines is 1. The maximum Gasteiger partial charge on any atom is 0.0704 e. The summed E-state index contributed by atoms with van der Waals surface area (Å²) < 4.78 is 0. The highest BCUT2D eigenvalue weighted by atomic mass is 15.2. The molecule has 0 atom stereocenters. The predicted molar refractivity (Wildman–Crippen MR) is 60.1 cm³/mol. The van der Waals surface area contributed by atoms with Gasteiger partial charge in [0.15, 0.2) is 0 Å². The van der Waals surface area contributed by atoms with Crippen molar-refractivity contribution in [3.63, 3.8) is 0 Å². The molecule has 0 aliphatic rings. The number of nitrogen functional groups attached to an aromatic ring is 1. The van der Waals surface area contributed by atoms with Crippen molar-refractivity contribution in [3.8, 4) is 0 Å². The second-order valence-electron chi connectivity index (χ2n) is 3.81. The van der Waals surface area contributed by atoms with Crippen LogP contribution in [0.5, 0.6) is 0 Å². The Kier molecular flexibility index (Phi) is 3.89. The zero-order valence-electron chi connectivity index (χ0n) is 9.17. The Hall–Kier alpha value is -1.09. The van der Waals surface area contributed by atoms with Gasteiger partial charge in [0.1, 0.15) is 0 Å². The normalized spacial score (nSPS) is 10.6. The first-order valence-electron chi connectivity index (χ1n) is 5.14. The zero-order valence-corrected chi connectivity index (χ0v) is 9.17. The molecule has 0 spiro atoms. The van der Waals surface area contributed by atoms with Crippen LogP contribution in [-0.2, 0) is 6.42 Å². The number of hydrazine groups is 1. The van der Waals surface area contributed by atoms with Crippen molar-refractivity contribution in [1.82, 2.24) is 4.98 Å². The number of pyridine rings is 1. The van der Waals surface area contributed by atoms with Crippen molar-refractivity contribution in [1.29, 1.82) is 0 Å². The summed E-state index contributed by atoms with van der Waals surface area (Å²) in [5.41, 5.74) is 5.94. The molecule has 3 heteroatoms. The van der Waals surface area contributed by atoms with Crippen LogP contribution in [0.3, 0.4) is 0 Å². The van der Waals surface area contributed by atoms with E-state index in [0.717, 1.165) is 24.2 Å². The van der Waals surface area contributed by atoms with E-state index >= 15 is 0 Å². The van der Waals surface area contributed by atoms with Gasteiger partial charge in [-0.15, -0.1) is 0 Å². The van der Waals surface area contributed by atoms with Crippen LogP contribution in [0.25, 0.3) is 0 Å². The van der Waals surface area contributed by atoms with Gasteiger partial charge >= 0.3 is 0 Å². The molecule has 3 nitrogen and oxygen atoms in total. The SMILES string of the molecule is CCCc1ncc(C(C)C)cc1NN. The highest BCUT2D eigenvalue weighted by Crippen LogP contribution is 2.20. The molecular weight excluding hydrogens is 174 g/mol. The molecule has 3 N–H and O–H groups in total. The van der Waals surface area contributed by atoms with Crippen molar-refractivity contribution >= 4 is 5.69 Å². The molecule has 0 aromatic carbocycles. The summed E-state index contributed by atoms with van der Waals surface area (Å²) in [6, 6.07) is 2.09. The molecule has 0 aliphatic heterocycles. The molecule has 1 aromatic rings. The molecule has 0 fully saturated rings. The first-order valence-corrected chi connectivity index (χ1v) is 5.14. The number of aromatic nitrogens is 1. The highest BCUT2D eigenvalue weighted by Gasteiger charge is 2.05.